The zero-order chi connectivity index (χ0) is 45.6. The Morgan fingerprint density at radius 2 is 0.742 bits per heavy atom. The third-order valence-electron chi connectivity index (χ3n) is 13.8. The summed E-state index contributed by atoms with van der Waals surface area (Å²) in [6.07, 6.45) is 0. The molecule has 0 amide bonds. The monoisotopic (exact) mass is 937 g/mol. The lowest BCUT2D eigenvalue weighted by Crippen LogP contribution is -2.65. The molecule has 0 atom stereocenters. The second-order valence-corrected chi connectivity index (χ2v) is 61.4. The highest BCUT2D eigenvalue weighted by molar-refractivity contribution is 7.04. The van der Waals surface area contributed by atoms with E-state index < -0.39 is 57.2 Å². The van der Waals surface area contributed by atoms with E-state index in [-0.39, 0.29) is 5.04 Å². The van der Waals surface area contributed by atoms with Gasteiger partial charge in [-0.05, 0) is 60.3 Å². The molecule has 0 aromatic heterocycles. The number of rotatable bonds is 12. The van der Waals surface area contributed by atoms with E-state index in [4.69, 9.17) is 4.74 Å². The topological polar surface area (TPSA) is 9.23 Å². The SMILES string of the molecule is C[Si](C)(C)C(c1cc(C([Si](C)(C)C)[Si](C)(C)C)c([Si]2C(c3ccccc3)=C(c3ccccc3)C23c2ccccc2Oc2ccccc23)c(C([Si](C)(C)C)[Si](C)(C)C)c1)[Si](C)(C)C. The van der Waals surface area contributed by atoms with Gasteiger partial charge in [0.15, 0.2) is 0 Å². The van der Waals surface area contributed by atoms with Gasteiger partial charge in [0, 0.05) is 59.6 Å². The molecule has 0 unspecified atom stereocenters. The fourth-order valence-corrected chi connectivity index (χ4v) is 56.7. The Hall–Kier alpha value is -2.84. The molecular formula is C54H77OSi7. The molecular weight excluding hydrogens is 861 g/mol. The van der Waals surface area contributed by atoms with Crippen LogP contribution in [0.25, 0.3) is 10.8 Å². The van der Waals surface area contributed by atoms with Gasteiger partial charge in [0.1, 0.15) is 20.3 Å². The summed E-state index contributed by atoms with van der Waals surface area (Å²) in [7, 11) is -12.3. The van der Waals surface area contributed by atoms with Gasteiger partial charge in [0.25, 0.3) is 0 Å². The van der Waals surface area contributed by atoms with E-state index in [0.29, 0.717) is 15.5 Å². The van der Waals surface area contributed by atoms with Crippen LogP contribution in [0.3, 0.4) is 0 Å². The third kappa shape index (κ3) is 8.32. The van der Waals surface area contributed by atoms with Gasteiger partial charge in [-0.1, -0.05) is 238 Å². The van der Waals surface area contributed by atoms with Crippen LogP contribution in [0.4, 0.5) is 0 Å². The molecule has 1 nitrogen and oxygen atoms in total. The van der Waals surface area contributed by atoms with Gasteiger partial charge in [-0.25, -0.2) is 0 Å². The molecule has 327 valence electrons. The van der Waals surface area contributed by atoms with E-state index in [1.807, 2.05) is 0 Å². The quantitative estimate of drug-likeness (QED) is 0.113. The van der Waals surface area contributed by atoms with E-state index >= 15 is 0 Å². The molecule has 2 heterocycles. The van der Waals surface area contributed by atoms with E-state index in [9.17, 15) is 0 Å². The summed E-state index contributed by atoms with van der Waals surface area (Å²) < 4.78 is 7.05. The molecule has 0 bridgehead atoms. The second kappa shape index (κ2) is 16.2. The van der Waals surface area contributed by atoms with Crippen LogP contribution in [-0.2, 0) is 5.04 Å². The molecule has 5 aromatic rings. The summed E-state index contributed by atoms with van der Waals surface area (Å²) >= 11 is 0. The summed E-state index contributed by atoms with van der Waals surface area (Å²) in [5, 5.41) is 4.86. The van der Waals surface area contributed by atoms with Crippen LogP contribution >= 0.6 is 0 Å². The van der Waals surface area contributed by atoms with Crippen molar-refractivity contribution >= 4 is 73.2 Å². The first-order valence-corrected chi connectivity index (χ1v) is 46.4. The fraction of sp³-hybridized carbons (Fsp3) is 0.407. The molecule has 2 aliphatic heterocycles. The highest BCUT2D eigenvalue weighted by atomic mass is 28.4. The van der Waals surface area contributed by atoms with E-state index in [1.165, 1.54) is 27.8 Å². The van der Waals surface area contributed by atoms with Gasteiger partial charge < -0.3 is 4.74 Å². The number of allylic oxidation sites excluding steroid dienone is 1. The molecule has 8 heteroatoms. The van der Waals surface area contributed by atoms with Crippen molar-refractivity contribution in [1.29, 1.82) is 0 Å². The zero-order valence-corrected chi connectivity index (χ0v) is 48.7. The van der Waals surface area contributed by atoms with Crippen LogP contribution < -0.4 is 9.92 Å². The van der Waals surface area contributed by atoms with E-state index in [1.54, 1.807) is 27.1 Å². The molecule has 0 saturated heterocycles. The predicted octanol–water partition coefficient (Wildman–Crippen LogP) is 15.7. The minimum atomic E-state index is -1.83. The van der Waals surface area contributed by atoms with Crippen molar-refractivity contribution in [2.75, 3.05) is 0 Å². The Balaban J connectivity index is 1.83. The van der Waals surface area contributed by atoms with Crippen molar-refractivity contribution in [1.82, 2.24) is 0 Å². The predicted molar refractivity (Wildman–Crippen MR) is 294 cm³/mol. The molecule has 62 heavy (non-hydrogen) atoms. The Morgan fingerprint density at radius 1 is 0.403 bits per heavy atom. The number of para-hydroxylation sites is 2. The molecule has 0 saturated carbocycles. The molecule has 0 fully saturated rings. The van der Waals surface area contributed by atoms with Crippen molar-refractivity contribution in [2.24, 2.45) is 0 Å². The average Bonchev–Trinajstić information content (AvgIpc) is 3.11. The standard InChI is InChI=1S/C54H77OSi7/c1-57(2,3)51(58(4,5)6)41-37-42(52(59(7,8)9)60(10,11)12)50(43(38-41)53(61(13,14)15)62(16,17)18)56-49(40-31-23-20-24-32-40)48(39-29-21-19-22-30-39)54(56)44-33-25-27-35-46(44)55-47-36-28-26-34-45(47)54/h19-38,51-53H,1-18H3. The van der Waals surface area contributed by atoms with Crippen LogP contribution in [0.1, 0.15) is 54.4 Å². The summed E-state index contributed by atoms with van der Waals surface area (Å²) in [5.74, 6) is 2.04. The van der Waals surface area contributed by atoms with Crippen molar-refractivity contribution in [3.63, 3.8) is 0 Å². The summed E-state index contributed by atoms with van der Waals surface area (Å²) in [6.45, 7) is 48.6. The molecule has 1 spiro atoms. The minimum absolute atomic E-state index is 0.378. The molecule has 1 radical (unpaired) electrons. The molecule has 7 rings (SSSR count). The van der Waals surface area contributed by atoms with E-state index in [0.717, 1.165) is 11.5 Å². The van der Waals surface area contributed by atoms with Crippen molar-refractivity contribution in [2.45, 2.75) is 138 Å². The largest absolute Gasteiger partial charge is 0.457 e. The highest BCUT2D eigenvalue weighted by Crippen LogP contribution is 2.65. The van der Waals surface area contributed by atoms with Gasteiger partial charge in [0.05, 0.1) is 5.04 Å². The Morgan fingerprint density at radius 3 is 1.11 bits per heavy atom. The lowest BCUT2D eigenvalue weighted by Gasteiger charge is -2.57. The van der Waals surface area contributed by atoms with Crippen LogP contribution in [0.15, 0.2) is 121 Å². The van der Waals surface area contributed by atoms with Gasteiger partial charge >= 0.3 is 0 Å². The van der Waals surface area contributed by atoms with Crippen molar-refractivity contribution < 1.29 is 4.74 Å². The lowest BCUT2D eigenvalue weighted by molar-refractivity contribution is 0.447. The number of benzene rings is 5. The van der Waals surface area contributed by atoms with Gasteiger partial charge in [-0.2, -0.15) is 0 Å². The maximum absolute atomic E-state index is 7.05. The smallest absolute Gasteiger partial charge is 0.144 e. The van der Waals surface area contributed by atoms with Crippen LogP contribution in [0, 0.1) is 0 Å². The first-order valence-electron chi connectivity index (χ1n) is 23.4. The summed E-state index contributed by atoms with van der Waals surface area (Å²) in [6, 6.07) is 47.4. The van der Waals surface area contributed by atoms with Gasteiger partial charge in [-0.15, -0.1) is 0 Å². The van der Waals surface area contributed by atoms with Crippen molar-refractivity contribution in [3.8, 4) is 11.5 Å². The third-order valence-corrected chi connectivity index (χ3v) is 45.3. The highest BCUT2D eigenvalue weighted by Gasteiger charge is 2.64. The molecule has 0 N–H and O–H groups in total. The first kappa shape index (κ1) is 47.1. The average molecular weight is 939 g/mol. The van der Waals surface area contributed by atoms with E-state index in [2.05, 4.69) is 239 Å². The van der Waals surface area contributed by atoms with Gasteiger partial charge in [-0.3, -0.25) is 0 Å². The van der Waals surface area contributed by atoms with Gasteiger partial charge in [0.2, 0.25) is 0 Å². The Bertz CT molecular complexity index is 2330. The lowest BCUT2D eigenvalue weighted by atomic mass is 9.76. The summed E-state index contributed by atoms with van der Waals surface area (Å²) in [4.78, 5) is 0. The fourth-order valence-electron chi connectivity index (χ4n) is 13.7. The summed E-state index contributed by atoms with van der Waals surface area (Å²) in [5.41, 5.74) is 12.2. The maximum Gasteiger partial charge on any atom is 0.144 e. The second-order valence-electron chi connectivity index (χ2n) is 25.3. The Labute approximate surface area is 385 Å². The minimum Gasteiger partial charge on any atom is -0.457 e. The van der Waals surface area contributed by atoms with Crippen molar-refractivity contribution in [3.05, 3.63) is 160 Å². The first-order chi connectivity index (χ1) is 28.6. The molecule has 0 aliphatic carbocycles. The molecule has 5 aromatic carbocycles. The number of hydrogen-bond acceptors (Lipinski definition) is 1. The van der Waals surface area contributed by atoms with Crippen LogP contribution in [0.2, 0.25) is 118 Å². The number of fused-ring (bicyclic) bond motifs is 4. The van der Waals surface area contributed by atoms with Crippen LogP contribution in [-0.4, -0.2) is 57.2 Å². The molecule has 2 aliphatic rings. The van der Waals surface area contributed by atoms with Crippen LogP contribution in [0.5, 0.6) is 11.5 Å². The number of hydrogen-bond donors (Lipinski definition) is 0. The normalized spacial score (nSPS) is 16.1. The Kier molecular flexibility index (Phi) is 12.3. The zero-order valence-electron chi connectivity index (χ0n) is 41.7. The maximum atomic E-state index is 7.05. The number of ether oxygens (including phenoxy) is 1.